The summed E-state index contributed by atoms with van der Waals surface area (Å²) in [6.45, 7) is 8.85. The van der Waals surface area contributed by atoms with Gasteiger partial charge < -0.3 is 19.5 Å². The van der Waals surface area contributed by atoms with Gasteiger partial charge in [-0.1, -0.05) is 32.0 Å². The van der Waals surface area contributed by atoms with Crippen LogP contribution < -0.4 is 14.4 Å². The average molecular weight is 592 g/mol. The van der Waals surface area contributed by atoms with Gasteiger partial charge in [0.25, 0.3) is 0 Å². The van der Waals surface area contributed by atoms with E-state index in [1.807, 2.05) is 29.4 Å². The zero-order chi connectivity index (χ0) is 28.1. The molecule has 0 aliphatic carbocycles. The first kappa shape index (κ1) is 29.3. The molecule has 0 atom stereocenters. The first-order chi connectivity index (χ1) is 17.7. The number of halogens is 3. The van der Waals surface area contributed by atoms with Crippen LogP contribution >= 0.6 is 15.9 Å². The Bertz CT molecular complexity index is 1230. The molecule has 7 nitrogen and oxygen atoms in total. The van der Waals surface area contributed by atoms with Crippen molar-refractivity contribution in [1.29, 1.82) is 0 Å². The molecule has 1 N–H and O–H groups in total. The Labute approximate surface area is 230 Å². The molecule has 10 heteroatoms. The molecule has 0 bridgehead atoms. The highest BCUT2D eigenvalue weighted by molar-refractivity contribution is 9.10. The second-order valence-electron chi connectivity index (χ2n) is 9.88. The van der Waals surface area contributed by atoms with Gasteiger partial charge in [-0.15, -0.1) is 0 Å². The lowest BCUT2D eigenvalue weighted by atomic mass is 10.1. The average Bonchev–Trinajstić information content (AvgIpc) is 2.83. The maximum absolute atomic E-state index is 13.2. The van der Waals surface area contributed by atoms with Gasteiger partial charge in [-0.25, -0.2) is 14.8 Å². The molecule has 204 valence electrons. The molecule has 0 saturated heterocycles. The SMILES string of the molecule is CC(C)c1cnc(N(CCc2ccc(OC(C)(C)C(=O)O)c(Br)c2)Cc2ccc(OC(C)(F)F)cc2)nc1. The fraction of sp³-hybridized carbons (Fsp3) is 0.393. The van der Waals surface area contributed by atoms with Crippen LogP contribution in [0.15, 0.2) is 59.3 Å². The van der Waals surface area contributed by atoms with E-state index in [0.717, 1.165) is 16.7 Å². The molecular formula is C28H32BrF2N3O4. The van der Waals surface area contributed by atoms with E-state index >= 15 is 0 Å². The van der Waals surface area contributed by atoms with Crippen molar-refractivity contribution in [2.24, 2.45) is 0 Å². The zero-order valence-electron chi connectivity index (χ0n) is 22.0. The molecule has 0 fully saturated rings. The Morgan fingerprint density at radius 3 is 2.16 bits per heavy atom. The second kappa shape index (κ2) is 12.1. The van der Waals surface area contributed by atoms with Gasteiger partial charge >= 0.3 is 12.1 Å². The molecule has 1 aromatic heterocycles. The molecule has 0 unspecified atom stereocenters. The zero-order valence-corrected chi connectivity index (χ0v) is 23.6. The van der Waals surface area contributed by atoms with Crippen molar-refractivity contribution in [2.45, 2.75) is 65.2 Å². The maximum atomic E-state index is 13.2. The van der Waals surface area contributed by atoms with E-state index in [-0.39, 0.29) is 5.75 Å². The Balaban J connectivity index is 1.78. The summed E-state index contributed by atoms with van der Waals surface area (Å²) in [5.41, 5.74) is 1.54. The lowest BCUT2D eigenvalue weighted by molar-refractivity contribution is -0.159. The number of anilines is 1. The summed E-state index contributed by atoms with van der Waals surface area (Å²) >= 11 is 3.48. The number of aliphatic carboxylic acids is 1. The van der Waals surface area contributed by atoms with Crippen molar-refractivity contribution in [3.8, 4) is 11.5 Å². The van der Waals surface area contributed by atoms with Gasteiger partial charge in [-0.3, -0.25) is 0 Å². The summed E-state index contributed by atoms with van der Waals surface area (Å²) in [6.07, 6.45) is 1.01. The Morgan fingerprint density at radius 2 is 1.63 bits per heavy atom. The molecule has 0 aliphatic heterocycles. The molecule has 0 amide bonds. The van der Waals surface area contributed by atoms with Crippen molar-refractivity contribution in [3.63, 3.8) is 0 Å². The van der Waals surface area contributed by atoms with Gasteiger partial charge in [0.2, 0.25) is 5.95 Å². The van der Waals surface area contributed by atoms with Crippen LogP contribution in [0.3, 0.4) is 0 Å². The van der Waals surface area contributed by atoms with E-state index in [1.54, 1.807) is 18.2 Å². The topological polar surface area (TPSA) is 84.8 Å². The maximum Gasteiger partial charge on any atom is 0.394 e. The van der Waals surface area contributed by atoms with E-state index in [9.17, 15) is 18.7 Å². The van der Waals surface area contributed by atoms with Crippen LogP contribution in [0.5, 0.6) is 11.5 Å². The fourth-order valence-corrected chi connectivity index (χ4v) is 4.01. The van der Waals surface area contributed by atoms with Crippen LogP contribution in [0.2, 0.25) is 0 Å². The third-order valence-corrected chi connectivity index (χ3v) is 6.37. The molecule has 0 spiro atoms. The number of ether oxygens (including phenoxy) is 2. The third kappa shape index (κ3) is 8.37. The van der Waals surface area contributed by atoms with Gasteiger partial charge in [0.05, 0.1) is 4.47 Å². The van der Waals surface area contributed by atoms with Gasteiger partial charge in [-0.2, -0.15) is 8.78 Å². The summed E-state index contributed by atoms with van der Waals surface area (Å²) in [5, 5.41) is 9.34. The van der Waals surface area contributed by atoms with E-state index in [4.69, 9.17) is 4.74 Å². The predicted octanol–water partition coefficient (Wildman–Crippen LogP) is 6.85. The highest BCUT2D eigenvalue weighted by Gasteiger charge is 2.30. The van der Waals surface area contributed by atoms with Crippen molar-refractivity contribution in [2.75, 3.05) is 11.4 Å². The summed E-state index contributed by atoms with van der Waals surface area (Å²) in [4.78, 5) is 22.6. The molecule has 0 radical (unpaired) electrons. The number of hydrogen-bond acceptors (Lipinski definition) is 6. The quantitative estimate of drug-likeness (QED) is 0.246. The van der Waals surface area contributed by atoms with E-state index in [1.165, 1.54) is 26.0 Å². The van der Waals surface area contributed by atoms with Crippen LogP contribution in [-0.4, -0.2) is 39.3 Å². The monoisotopic (exact) mass is 591 g/mol. The minimum absolute atomic E-state index is 0.0866. The number of aromatic nitrogens is 2. The molecule has 3 aromatic rings. The number of carboxylic acid groups (broad SMARTS) is 1. The molecule has 0 aliphatic rings. The van der Waals surface area contributed by atoms with Gasteiger partial charge in [0.15, 0.2) is 5.60 Å². The van der Waals surface area contributed by atoms with Crippen LogP contribution in [-0.2, 0) is 17.8 Å². The second-order valence-corrected chi connectivity index (χ2v) is 10.7. The lowest BCUT2D eigenvalue weighted by Gasteiger charge is -2.24. The summed E-state index contributed by atoms with van der Waals surface area (Å²) in [6, 6.07) is 12.0. The van der Waals surface area contributed by atoms with E-state index in [2.05, 4.69) is 44.5 Å². The molecule has 1 heterocycles. The number of rotatable bonds is 12. The van der Waals surface area contributed by atoms with Crippen LogP contribution in [0, 0.1) is 0 Å². The predicted molar refractivity (Wildman–Crippen MR) is 145 cm³/mol. The molecule has 38 heavy (non-hydrogen) atoms. The third-order valence-electron chi connectivity index (χ3n) is 5.75. The van der Waals surface area contributed by atoms with Crippen LogP contribution in [0.4, 0.5) is 14.7 Å². The van der Waals surface area contributed by atoms with Gasteiger partial charge in [0.1, 0.15) is 11.5 Å². The first-order valence-electron chi connectivity index (χ1n) is 12.2. The normalized spacial score (nSPS) is 11.9. The van der Waals surface area contributed by atoms with E-state index in [0.29, 0.717) is 48.5 Å². The largest absolute Gasteiger partial charge is 0.478 e. The smallest absolute Gasteiger partial charge is 0.394 e. The molecule has 3 rings (SSSR count). The van der Waals surface area contributed by atoms with Crippen LogP contribution in [0.1, 0.15) is 57.2 Å². The fourth-order valence-electron chi connectivity index (χ4n) is 3.50. The van der Waals surface area contributed by atoms with Crippen molar-refractivity contribution >= 4 is 27.8 Å². The molecular weight excluding hydrogens is 560 g/mol. The Hall–Kier alpha value is -3.27. The van der Waals surface area contributed by atoms with Crippen molar-refractivity contribution < 1.29 is 28.2 Å². The van der Waals surface area contributed by atoms with Crippen molar-refractivity contribution in [3.05, 3.63) is 76.0 Å². The number of hydrogen-bond donors (Lipinski definition) is 1. The van der Waals surface area contributed by atoms with E-state index < -0.39 is 17.7 Å². The number of alkyl halides is 2. The Kier molecular flexibility index (Phi) is 9.30. The minimum Gasteiger partial charge on any atom is -0.478 e. The Morgan fingerprint density at radius 1 is 1.03 bits per heavy atom. The molecule has 0 saturated carbocycles. The van der Waals surface area contributed by atoms with Gasteiger partial charge in [0, 0.05) is 32.4 Å². The standard InChI is InChI=1S/C28H32BrF2N3O4/c1-18(2)21-15-32-26(33-16-21)34(17-20-6-9-22(10-7-20)37-28(5,30)31)13-12-19-8-11-24(23(29)14-19)38-27(3,4)25(35)36/h6-11,14-16,18H,12-13,17H2,1-5H3,(H,35,36). The number of nitrogens with zero attached hydrogens (tertiary/aromatic N) is 3. The van der Waals surface area contributed by atoms with Gasteiger partial charge in [-0.05, 0) is 83.1 Å². The van der Waals surface area contributed by atoms with Crippen molar-refractivity contribution in [1.82, 2.24) is 9.97 Å². The molecule has 2 aromatic carbocycles. The number of carbonyl (C=O) groups is 1. The number of benzene rings is 2. The number of carboxylic acids is 1. The van der Waals surface area contributed by atoms with Crippen LogP contribution in [0.25, 0.3) is 0 Å². The summed E-state index contributed by atoms with van der Waals surface area (Å²) in [5.74, 6) is 0.313. The summed E-state index contributed by atoms with van der Waals surface area (Å²) in [7, 11) is 0. The first-order valence-corrected chi connectivity index (χ1v) is 13.0. The highest BCUT2D eigenvalue weighted by atomic mass is 79.9. The highest BCUT2D eigenvalue weighted by Crippen LogP contribution is 2.30. The summed E-state index contributed by atoms with van der Waals surface area (Å²) < 4.78 is 37.3. The minimum atomic E-state index is -3.25. The lowest BCUT2D eigenvalue weighted by Crippen LogP contribution is -2.38.